The topological polar surface area (TPSA) is 67.2 Å². The normalized spacial score (nSPS) is 11.6. The van der Waals surface area contributed by atoms with Gasteiger partial charge in [-0.1, -0.05) is 25.1 Å². The first-order valence-electron chi connectivity index (χ1n) is 7.76. The van der Waals surface area contributed by atoms with Gasteiger partial charge in [0.05, 0.1) is 11.4 Å². The maximum absolute atomic E-state index is 11.8. The van der Waals surface area contributed by atoms with E-state index in [0.717, 1.165) is 17.8 Å². The van der Waals surface area contributed by atoms with Crippen LogP contribution in [0.15, 0.2) is 41.0 Å². The van der Waals surface area contributed by atoms with Crippen LogP contribution in [0.25, 0.3) is 11.5 Å². The van der Waals surface area contributed by atoms with E-state index < -0.39 is 0 Å². The maximum atomic E-state index is 11.8. The van der Waals surface area contributed by atoms with Crippen molar-refractivity contribution >= 4 is 30.1 Å². The summed E-state index contributed by atoms with van der Waals surface area (Å²) in [6.07, 6.45) is 1.65. The Morgan fingerprint density at radius 1 is 1.33 bits per heavy atom. The van der Waals surface area contributed by atoms with Crippen molar-refractivity contribution in [2.24, 2.45) is 0 Å². The quantitative estimate of drug-likeness (QED) is 0.710. The largest absolute Gasteiger partial charge is 0.444 e. The van der Waals surface area contributed by atoms with E-state index >= 15 is 0 Å². The molecule has 132 valence electrons. The fourth-order valence-corrected chi connectivity index (χ4v) is 2.80. The lowest BCUT2D eigenvalue weighted by molar-refractivity contribution is -0.118. The molecule has 1 atom stereocenters. The first kappa shape index (κ1) is 20.5. The Hall–Kier alpha value is -1.50. The third kappa shape index (κ3) is 6.95. The number of hydrogen-bond acceptors (Lipinski definition) is 5. The van der Waals surface area contributed by atoms with Gasteiger partial charge < -0.3 is 15.1 Å². The molecule has 0 bridgehead atoms. The molecule has 1 heterocycles. The third-order valence-electron chi connectivity index (χ3n) is 3.21. The molecular weight excluding hydrogens is 346 g/mol. The highest BCUT2D eigenvalue weighted by Crippen LogP contribution is 2.20. The smallest absolute Gasteiger partial charge is 0.230 e. The highest BCUT2D eigenvalue weighted by Gasteiger charge is 2.08. The fourth-order valence-electron chi connectivity index (χ4n) is 2.07. The van der Waals surface area contributed by atoms with E-state index in [4.69, 9.17) is 4.42 Å². The van der Waals surface area contributed by atoms with Crippen LogP contribution in [0.2, 0.25) is 0 Å². The van der Waals surface area contributed by atoms with Gasteiger partial charge in [0, 0.05) is 23.9 Å². The molecule has 0 saturated heterocycles. The minimum Gasteiger partial charge on any atom is -0.444 e. The van der Waals surface area contributed by atoms with Crippen LogP contribution in [-0.2, 0) is 10.5 Å². The molecule has 2 aromatic rings. The summed E-state index contributed by atoms with van der Waals surface area (Å²) in [6, 6.07) is 10.1. The van der Waals surface area contributed by atoms with E-state index in [2.05, 4.69) is 29.5 Å². The van der Waals surface area contributed by atoms with E-state index in [1.807, 2.05) is 30.3 Å². The summed E-state index contributed by atoms with van der Waals surface area (Å²) in [5.41, 5.74) is 1.81. The second kappa shape index (κ2) is 11.1. The van der Waals surface area contributed by atoms with Gasteiger partial charge in [-0.2, -0.15) is 0 Å². The third-order valence-corrected chi connectivity index (χ3v) is 4.18. The second-order valence-electron chi connectivity index (χ2n) is 5.27. The molecule has 2 rings (SSSR count). The molecule has 0 aliphatic carbocycles. The predicted molar refractivity (Wildman–Crippen MR) is 101 cm³/mol. The molecule has 0 aliphatic rings. The average molecular weight is 370 g/mol. The van der Waals surface area contributed by atoms with Gasteiger partial charge in [-0.3, -0.25) is 4.79 Å². The van der Waals surface area contributed by atoms with Crippen LogP contribution in [0.3, 0.4) is 0 Å². The first-order valence-corrected chi connectivity index (χ1v) is 8.92. The van der Waals surface area contributed by atoms with Gasteiger partial charge in [0.15, 0.2) is 0 Å². The lowest BCUT2D eigenvalue weighted by atomic mass is 10.2. The molecule has 0 saturated carbocycles. The molecule has 5 nitrogen and oxygen atoms in total. The molecule has 0 spiro atoms. The van der Waals surface area contributed by atoms with Crippen molar-refractivity contribution in [1.29, 1.82) is 0 Å². The van der Waals surface area contributed by atoms with Gasteiger partial charge in [0.25, 0.3) is 0 Å². The van der Waals surface area contributed by atoms with Crippen LogP contribution >= 0.6 is 24.2 Å². The number of oxazole rings is 1. The van der Waals surface area contributed by atoms with Crippen LogP contribution in [0.5, 0.6) is 0 Å². The molecule has 0 radical (unpaired) electrons. The molecule has 0 unspecified atom stereocenters. The molecule has 24 heavy (non-hydrogen) atoms. The van der Waals surface area contributed by atoms with Crippen molar-refractivity contribution < 1.29 is 9.21 Å². The van der Waals surface area contributed by atoms with Gasteiger partial charge in [-0.25, -0.2) is 4.98 Å². The van der Waals surface area contributed by atoms with E-state index in [1.165, 1.54) is 11.8 Å². The van der Waals surface area contributed by atoms with E-state index in [9.17, 15) is 4.79 Å². The Kier molecular flexibility index (Phi) is 9.52. The molecule has 1 aromatic carbocycles. The zero-order chi connectivity index (χ0) is 16.5. The molecule has 7 heteroatoms. The number of carbonyl (C=O) groups is 1. The number of aromatic nitrogens is 1. The van der Waals surface area contributed by atoms with Crippen molar-refractivity contribution in [2.75, 3.05) is 18.8 Å². The molecule has 0 fully saturated rings. The Morgan fingerprint density at radius 2 is 2.08 bits per heavy atom. The summed E-state index contributed by atoms with van der Waals surface area (Å²) in [7, 11) is 0. The maximum Gasteiger partial charge on any atom is 0.230 e. The van der Waals surface area contributed by atoms with Crippen molar-refractivity contribution in [3.8, 4) is 11.5 Å². The van der Waals surface area contributed by atoms with Crippen molar-refractivity contribution in [3.05, 3.63) is 42.3 Å². The number of carbonyl (C=O) groups excluding carboxylic acids is 1. The van der Waals surface area contributed by atoms with Crippen LogP contribution in [0.4, 0.5) is 0 Å². The first-order chi connectivity index (χ1) is 11.2. The molecule has 0 aliphatic heterocycles. The molecule has 2 N–H and O–H groups in total. The summed E-state index contributed by atoms with van der Waals surface area (Å²) in [4.78, 5) is 16.2. The number of hydrogen-bond donors (Lipinski definition) is 2. The number of likely N-dealkylation sites (N-methyl/N-ethyl adjacent to an activating group) is 1. The second-order valence-corrected chi connectivity index (χ2v) is 6.25. The SMILES string of the molecule is CCN[C@H](C)CNC(=O)CSCc1coc(-c2ccccc2)n1.Cl. The van der Waals surface area contributed by atoms with Gasteiger partial charge in [-0.15, -0.1) is 24.2 Å². The predicted octanol–water partition coefficient (Wildman–Crippen LogP) is 3.11. The Bertz CT molecular complexity index is 607. The van der Waals surface area contributed by atoms with Gasteiger partial charge in [0.2, 0.25) is 11.8 Å². The molecular formula is C17H24ClN3O2S. The number of benzene rings is 1. The number of amides is 1. The van der Waals surface area contributed by atoms with E-state index in [0.29, 0.717) is 23.9 Å². The number of halogens is 1. The van der Waals surface area contributed by atoms with Crippen molar-refractivity contribution in [2.45, 2.75) is 25.6 Å². The monoisotopic (exact) mass is 369 g/mol. The zero-order valence-corrected chi connectivity index (χ0v) is 15.6. The number of rotatable bonds is 9. The van der Waals surface area contributed by atoms with E-state index in [1.54, 1.807) is 6.26 Å². The summed E-state index contributed by atoms with van der Waals surface area (Å²) in [5.74, 6) is 1.75. The van der Waals surface area contributed by atoms with Crippen LogP contribution < -0.4 is 10.6 Å². The Labute approximate surface area is 153 Å². The Morgan fingerprint density at radius 3 is 2.79 bits per heavy atom. The lowest BCUT2D eigenvalue weighted by Gasteiger charge is -2.12. The zero-order valence-electron chi connectivity index (χ0n) is 14.0. The number of thioether (sulfide) groups is 1. The fraction of sp³-hybridized carbons (Fsp3) is 0.412. The number of nitrogens with zero attached hydrogens (tertiary/aromatic N) is 1. The minimum absolute atomic E-state index is 0. The lowest BCUT2D eigenvalue weighted by Crippen LogP contribution is -2.39. The highest BCUT2D eigenvalue weighted by molar-refractivity contribution is 7.99. The van der Waals surface area contributed by atoms with Crippen LogP contribution in [0, 0.1) is 0 Å². The highest BCUT2D eigenvalue weighted by atomic mass is 35.5. The van der Waals surface area contributed by atoms with E-state index in [-0.39, 0.29) is 24.4 Å². The van der Waals surface area contributed by atoms with Crippen molar-refractivity contribution in [3.63, 3.8) is 0 Å². The Balaban J connectivity index is 0.00000288. The average Bonchev–Trinajstić information content (AvgIpc) is 3.03. The summed E-state index contributed by atoms with van der Waals surface area (Å²) in [6.45, 7) is 5.66. The molecule has 1 aromatic heterocycles. The minimum atomic E-state index is 0. The van der Waals surface area contributed by atoms with Crippen LogP contribution in [-0.4, -0.2) is 35.8 Å². The summed E-state index contributed by atoms with van der Waals surface area (Å²) >= 11 is 1.53. The standard InChI is InChI=1S/C17H23N3O2S.ClH/c1-3-18-13(2)9-19-16(21)12-23-11-15-10-22-17(20-15)14-7-5-4-6-8-14;/h4-8,10,13,18H,3,9,11-12H2,1-2H3,(H,19,21);1H/t13-;/m1./s1. The number of nitrogens with one attached hydrogen (secondary N) is 2. The van der Waals surface area contributed by atoms with Crippen molar-refractivity contribution in [1.82, 2.24) is 15.6 Å². The van der Waals surface area contributed by atoms with Crippen LogP contribution in [0.1, 0.15) is 19.5 Å². The molecule has 1 amide bonds. The van der Waals surface area contributed by atoms with Gasteiger partial charge >= 0.3 is 0 Å². The van der Waals surface area contributed by atoms with Gasteiger partial charge in [0.1, 0.15) is 6.26 Å². The summed E-state index contributed by atoms with van der Waals surface area (Å²) < 4.78 is 5.48. The van der Waals surface area contributed by atoms with Gasteiger partial charge in [-0.05, 0) is 25.6 Å². The summed E-state index contributed by atoms with van der Waals surface area (Å²) in [5, 5.41) is 6.18.